The second-order valence-corrected chi connectivity index (χ2v) is 5.67. The Morgan fingerprint density at radius 1 is 1.33 bits per heavy atom. The Kier molecular flexibility index (Phi) is 5.85. The van der Waals surface area contributed by atoms with Crippen molar-refractivity contribution in [2.45, 2.75) is 19.4 Å². The Morgan fingerprint density at radius 3 is 2.62 bits per heavy atom. The lowest BCUT2D eigenvalue weighted by atomic mass is 10.1. The van der Waals surface area contributed by atoms with Gasteiger partial charge in [-0.15, -0.1) is 0 Å². The van der Waals surface area contributed by atoms with E-state index in [-0.39, 0.29) is 24.3 Å². The maximum absolute atomic E-state index is 12.9. The summed E-state index contributed by atoms with van der Waals surface area (Å²) in [5.74, 6) is 0.223. The van der Waals surface area contributed by atoms with Crippen LogP contribution in [-0.2, 0) is 11.2 Å². The Labute approximate surface area is 140 Å². The average molecular weight is 326 g/mol. The summed E-state index contributed by atoms with van der Waals surface area (Å²) >= 11 is 0. The Morgan fingerprint density at radius 2 is 2.04 bits per heavy atom. The number of carbonyl (C=O) groups excluding carboxylic acids is 1. The van der Waals surface area contributed by atoms with Crippen LogP contribution in [0.3, 0.4) is 0 Å². The van der Waals surface area contributed by atoms with Gasteiger partial charge in [-0.2, -0.15) is 5.26 Å². The number of amides is 1. The number of nitrogens with zero attached hydrogens (tertiary/aromatic N) is 3. The minimum atomic E-state index is -0.271. The number of anilines is 1. The van der Waals surface area contributed by atoms with Crippen molar-refractivity contribution in [1.82, 2.24) is 10.3 Å². The highest BCUT2D eigenvalue weighted by atomic mass is 19.1. The molecule has 0 unspecified atom stereocenters. The van der Waals surface area contributed by atoms with Gasteiger partial charge < -0.3 is 10.2 Å². The van der Waals surface area contributed by atoms with Crippen LogP contribution in [0.15, 0.2) is 42.6 Å². The molecule has 24 heavy (non-hydrogen) atoms. The summed E-state index contributed by atoms with van der Waals surface area (Å²) in [6, 6.07) is 11.5. The van der Waals surface area contributed by atoms with Crippen molar-refractivity contribution >= 4 is 11.7 Å². The minimum absolute atomic E-state index is 0.0646. The van der Waals surface area contributed by atoms with Gasteiger partial charge in [0.25, 0.3) is 0 Å². The summed E-state index contributed by atoms with van der Waals surface area (Å²) < 4.78 is 12.9. The van der Waals surface area contributed by atoms with Crippen LogP contribution in [0.2, 0.25) is 0 Å². The van der Waals surface area contributed by atoms with Crippen LogP contribution >= 0.6 is 0 Å². The first-order valence-electron chi connectivity index (χ1n) is 7.59. The summed E-state index contributed by atoms with van der Waals surface area (Å²) in [6.45, 7) is 2.06. The maximum Gasteiger partial charge on any atom is 0.239 e. The molecule has 0 aliphatic heterocycles. The Balaban J connectivity index is 1.85. The van der Waals surface area contributed by atoms with E-state index in [2.05, 4.69) is 10.3 Å². The number of pyridine rings is 1. The van der Waals surface area contributed by atoms with Crippen molar-refractivity contribution in [3.05, 3.63) is 59.5 Å². The number of benzene rings is 1. The summed E-state index contributed by atoms with van der Waals surface area (Å²) in [6.07, 6.45) is 2.10. The lowest BCUT2D eigenvalue weighted by Crippen LogP contribution is -2.40. The standard InChI is InChI=1S/C18H19FN4O/c1-13(9-14-3-6-16(19)7-4-14)22-18(24)12-23(2)17-8-5-15(10-20)11-21-17/h3-8,11,13H,9,12H2,1-2H3,(H,22,24)/t13-/m0/s1. The molecule has 0 bridgehead atoms. The zero-order valence-electron chi connectivity index (χ0n) is 13.7. The third kappa shape index (κ3) is 5.06. The normalized spacial score (nSPS) is 11.4. The predicted molar refractivity (Wildman–Crippen MR) is 89.9 cm³/mol. The number of nitriles is 1. The first kappa shape index (κ1) is 17.4. The van der Waals surface area contributed by atoms with Gasteiger partial charge in [-0.05, 0) is 43.2 Å². The maximum atomic E-state index is 12.9. The van der Waals surface area contributed by atoms with Crippen LogP contribution in [0.4, 0.5) is 10.2 Å². The number of hydrogen-bond donors (Lipinski definition) is 1. The third-order valence-corrected chi connectivity index (χ3v) is 3.51. The largest absolute Gasteiger partial charge is 0.352 e. The van der Waals surface area contributed by atoms with Crippen LogP contribution in [-0.4, -0.2) is 30.5 Å². The highest BCUT2D eigenvalue weighted by Crippen LogP contribution is 2.09. The van der Waals surface area contributed by atoms with E-state index < -0.39 is 0 Å². The molecule has 0 saturated heterocycles. The van der Waals surface area contributed by atoms with Gasteiger partial charge in [0.1, 0.15) is 17.7 Å². The Bertz CT molecular complexity index is 722. The first-order valence-corrected chi connectivity index (χ1v) is 7.59. The van der Waals surface area contributed by atoms with Crippen molar-refractivity contribution in [2.24, 2.45) is 0 Å². The van der Waals surface area contributed by atoms with E-state index in [0.29, 0.717) is 17.8 Å². The molecule has 1 aromatic heterocycles. The Hall–Kier alpha value is -2.94. The molecule has 2 aromatic rings. The molecule has 1 atom stereocenters. The summed E-state index contributed by atoms with van der Waals surface area (Å²) in [4.78, 5) is 18.0. The van der Waals surface area contributed by atoms with Crippen molar-refractivity contribution in [3.63, 3.8) is 0 Å². The fourth-order valence-corrected chi connectivity index (χ4v) is 2.32. The van der Waals surface area contributed by atoms with Gasteiger partial charge in [0.2, 0.25) is 5.91 Å². The fraction of sp³-hybridized carbons (Fsp3) is 0.278. The SMILES string of the molecule is C[C@@H](Cc1ccc(F)cc1)NC(=O)CN(C)c1ccc(C#N)cn1. The van der Waals surface area contributed by atoms with E-state index in [1.54, 1.807) is 36.2 Å². The van der Waals surface area contributed by atoms with Gasteiger partial charge in [0.15, 0.2) is 0 Å². The molecule has 1 aromatic carbocycles. The smallest absolute Gasteiger partial charge is 0.239 e. The van der Waals surface area contributed by atoms with Crippen LogP contribution in [0, 0.1) is 17.1 Å². The molecule has 2 rings (SSSR count). The quantitative estimate of drug-likeness (QED) is 0.884. The highest BCUT2D eigenvalue weighted by molar-refractivity contribution is 5.81. The topological polar surface area (TPSA) is 69.0 Å². The lowest BCUT2D eigenvalue weighted by molar-refractivity contribution is -0.120. The molecule has 0 aliphatic rings. The van der Waals surface area contributed by atoms with E-state index in [1.165, 1.54) is 18.3 Å². The molecule has 0 radical (unpaired) electrons. The number of carbonyl (C=O) groups is 1. The van der Waals surface area contributed by atoms with Crippen LogP contribution in [0.5, 0.6) is 0 Å². The molecule has 5 nitrogen and oxygen atoms in total. The number of likely N-dealkylation sites (N-methyl/N-ethyl adjacent to an activating group) is 1. The van der Waals surface area contributed by atoms with E-state index in [0.717, 1.165) is 5.56 Å². The van der Waals surface area contributed by atoms with Crippen molar-refractivity contribution < 1.29 is 9.18 Å². The number of rotatable bonds is 6. The molecule has 6 heteroatoms. The van der Waals surface area contributed by atoms with E-state index >= 15 is 0 Å². The van der Waals surface area contributed by atoms with Gasteiger partial charge in [-0.25, -0.2) is 9.37 Å². The number of hydrogen-bond acceptors (Lipinski definition) is 4. The molecule has 0 spiro atoms. The number of nitrogens with one attached hydrogen (secondary N) is 1. The van der Waals surface area contributed by atoms with Gasteiger partial charge in [0, 0.05) is 19.3 Å². The lowest BCUT2D eigenvalue weighted by Gasteiger charge is -2.20. The van der Waals surface area contributed by atoms with Crippen molar-refractivity contribution in [3.8, 4) is 6.07 Å². The van der Waals surface area contributed by atoms with Gasteiger partial charge in [-0.1, -0.05) is 12.1 Å². The van der Waals surface area contributed by atoms with E-state index in [4.69, 9.17) is 5.26 Å². The molecule has 124 valence electrons. The minimum Gasteiger partial charge on any atom is -0.352 e. The van der Waals surface area contributed by atoms with Crippen molar-refractivity contribution in [2.75, 3.05) is 18.5 Å². The summed E-state index contributed by atoms with van der Waals surface area (Å²) in [5, 5.41) is 11.7. The van der Waals surface area contributed by atoms with Crippen LogP contribution in [0.1, 0.15) is 18.1 Å². The number of aromatic nitrogens is 1. The number of halogens is 1. The van der Waals surface area contributed by atoms with E-state index in [9.17, 15) is 9.18 Å². The van der Waals surface area contributed by atoms with Gasteiger partial charge in [0.05, 0.1) is 12.1 Å². The second-order valence-electron chi connectivity index (χ2n) is 5.67. The third-order valence-electron chi connectivity index (χ3n) is 3.51. The molecule has 1 N–H and O–H groups in total. The second kappa shape index (κ2) is 8.06. The molecule has 1 amide bonds. The van der Waals surface area contributed by atoms with E-state index in [1.807, 2.05) is 13.0 Å². The van der Waals surface area contributed by atoms with Crippen LogP contribution < -0.4 is 10.2 Å². The first-order chi connectivity index (χ1) is 11.5. The van der Waals surface area contributed by atoms with Gasteiger partial charge >= 0.3 is 0 Å². The molecule has 0 fully saturated rings. The van der Waals surface area contributed by atoms with Crippen molar-refractivity contribution in [1.29, 1.82) is 5.26 Å². The predicted octanol–water partition coefficient (Wildman–Crippen LogP) is 2.28. The molecular weight excluding hydrogens is 307 g/mol. The van der Waals surface area contributed by atoms with Gasteiger partial charge in [-0.3, -0.25) is 4.79 Å². The monoisotopic (exact) mass is 326 g/mol. The summed E-state index contributed by atoms with van der Waals surface area (Å²) in [5.41, 5.74) is 1.44. The fourth-order valence-electron chi connectivity index (χ4n) is 2.32. The summed E-state index contributed by atoms with van der Waals surface area (Å²) in [7, 11) is 1.76. The zero-order chi connectivity index (χ0) is 17.5. The molecule has 0 aliphatic carbocycles. The average Bonchev–Trinajstić information content (AvgIpc) is 2.56. The molecule has 1 heterocycles. The highest BCUT2D eigenvalue weighted by Gasteiger charge is 2.12. The molecule has 0 saturated carbocycles. The van der Waals surface area contributed by atoms with Crippen LogP contribution in [0.25, 0.3) is 0 Å². The zero-order valence-corrected chi connectivity index (χ0v) is 13.7. The molecular formula is C18H19FN4O.